The molecule has 110 valence electrons. The second-order valence-electron chi connectivity index (χ2n) is 4.21. The summed E-state index contributed by atoms with van der Waals surface area (Å²) >= 11 is 0. The largest absolute Gasteiger partial charge is 0.477 e. The quantitative estimate of drug-likeness (QED) is 0.426. The van der Waals surface area contributed by atoms with Crippen LogP contribution in [-0.2, 0) is 11.4 Å². The molecule has 7 heteroatoms. The Morgan fingerprint density at radius 1 is 1.50 bits per heavy atom. The summed E-state index contributed by atoms with van der Waals surface area (Å²) in [7, 11) is 0. The van der Waals surface area contributed by atoms with Crippen LogP contribution < -0.4 is 10.1 Å². The number of benzene rings is 1. The Morgan fingerprint density at radius 3 is 2.85 bits per heavy atom. The fourth-order valence-electron chi connectivity index (χ4n) is 1.52. The van der Waals surface area contributed by atoms with Crippen molar-refractivity contribution in [1.82, 2.24) is 5.32 Å². The van der Waals surface area contributed by atoms with Gasteiger partial charge in [-0.15, -0.1) is 0 Å². The Morgan fingerprint density at radius 2 is 2.25 bits per heavy atom. The number of nitro benzene ring substituents is 1. The van der Waals surface area contributed by atoms with Gasteiger partial charge in [-0.05, 0) is 24.1 Å². The number of unbranched alkanes of at least 4 members (excludes halogenated alkanes) is 1. The van der Waals surface area contributed by atoms with Gasteiger partial charge < -0.3 is 15.2 Å². The van der Waals surface area contributed by atoms with E-state index in [0.29, 0.717) is 12.1 Å². The molecular weight excluding hydrogens is 264 g/mol. The molecule has 0 saturated carbocycles. The number of nitro groups is 1. The monoisotopic (exact) mass is 282 g/mol. The maximum atomic E-state index is 11.5. The van der Waals surface area contributed by atoms with Crippen LogP contribution in [0.3, 0.4) is 0 Å². The number of aliphatic hydroxyl groups excluding tert-OH is 1. The van der Waals surface area contributed by atoms with E-state index >= 15 is 0 Å². The average molecular weight is 282 g/mol. The van der Waals surface area contributed by atoms with Crippen molar-refractivity contribution in [1.29, 1.82) is 0 Å². The van der Waals surface area contributed by atoms with Crippen molar-refractivity contribution in [3.8, 4) is 5.75 Å². The van der Waals surface area contributed by atoms with Gasteiger partial charge in [0.15, 0.2) is 12.4 Å². The van der Waals surface area contributed by atoms with E-state index in [1.807, 2.05) is 6.92 Å². The van der Waals surface area contributed by atoms with E-state index < -0.39 is 4.92 Å². The average Bonchev–Trinajstić information content (AvgIpc) is 2.44. The highest BCUT2D eigenvalue weighted by Crippen LogP contribution is 2.27. The highest BCUT2D eigenvalue weighted by molar-refractivity contribution is 5.77. The third-order valence-electron chi connectivity index (χ3n) is 2.61. The zero-order chi connectivity index (χ0) is 15.0. The van der Waals surface area contributed by atoms with Crippen molar-refractivity contribution in [3.05, 3.63) is 33.9 Å². The molecule has 0 radical (unpaired) electrons. The van der Waals surface area contributed by atoms with E-state index in [1.165, 1.54) is 18.2 Å². The van der Waals surface area contributed by atoms with Crippen molar-refractivity contribution < 1.29 is 19.6 Å². The minimum atomic E-state index is -0.592. The van der Waals surface area contributed by atoms with Crippen LogP contribution in [0.5, 0.6) is 5.75 Å². The first-order chi connectivity index (χ1) is 9.58. The Hall–Kier alpha value is -2.15. The highest BCUT2D eigenvalue weighted by Gasteiger charge is 2.16. The van der Waals surface area contributed by atoms with Crippen LogP contribution in [0.2, 0.25) is 0 Å². The van der Waals surface area contributed by atoms with Gasteiger partial charge in [-0.25, -0.2) is 0 Å². The molecule has 0 aliphatic heterocycles. The third-order valence-corrected chi connectivity index (χ3v) is 2.61. The zero-order valence-electron chi connectivity index (χ0n) is 11.3. The number of rotatable bonds is 8. The molecule has 20 heavy (non-hydrogen) atoms. The number of carbonyl (C=O) groups excluding carboxylic acids is 1. The number of hydrogen-bond acceptors (Lipinski definition) is 5. The number of nitrogens with one attached hydrogen (secondary N) is 1. The summed E-state index contributed by atoms with van der Waals surface area (Å²) in [6.45, 7) is 2.01. The summed E-state index contributed by atoms with van der Waals surface area (Å²) in [5, 5.41) is 22.5. The maximum absolute atomic E-state index is 11.5. The van der Waals surface area contributed by atoms with Crippen molar-refractivity contribution in [3.63, 3.8) is 0 Å². The first kappa shape index (κ1) is 15.9. The van der Waals surface area contributed by atoms with Gasteiger partial charge in [0.2, 0.25) is 0 Å². The van der Waals surface area contributed by atoms with Gasteiger partial charge in [0.1, 0.15) is 0 Å². The smallest absolute Gasteiger partial charge is 0.310 e. The number of amides is 1. The molecule has 0 heterocycles. The van der Waals surface area contributed by atoms with Crippen LogP contribution in [-0.4, -0.2) is 29.1 Å². The lowest BCUT2D eigenvalue weighted by Crippen LogP contribution is -2.29. The molecule has 1 rings (SSSR count). The summed E-state index contributed by atoms with van der Waals surface area (Å²) in [5.41, 5.74) is 0.251. The van der Waals surface area contributed by atoms with Gasteiger partial charge >= 0.3 is 5.69 Å². The number of carbonyl (C=O) groups is 1. The normalized spacial score (nSPS) is 10.1. The van der Waals surface area contributed by atoms with Gasteiger partial charge in [-0.2, -0.15) is 0 Å². The van der Waals surface area contributed by atoms with E-state index in [-0.39, 0.29) is 30.6 Å². The molecule has 0 aromatic heterocycles. The molecule has 0 aliphatic rings. The van der Waals surface area contributed by atoms with Crippen LogP contribution in [0.1, 0.15) is 25.3 Å². The topological polar surface area (TPSA) is 102 Å². The van der Waals surface area contributed by atoms with Gasteiger partial charge in [0, 0.05) is 12.6 Å². The second kappa shape index (κ2) is 8.11. The van der Waals surface area contributed by atoms with Crippen molar-refractivity contribution in [2.45, 2.75) is 26.4 Å². The molecule has 1 aromatic rings. The van der Waals surface area contributed by atoms with E-state index in [2.05, 4.69) is 5.32 Å². The van der Waals surface area contributed by atoms with E-state index in [0.717, 1.165) is 12.8 Å². The summed E-state index contributed by atoms with van der Waals surface area (Å²) in [4.78, 5) is 21.7. The van der Waals surface area contributed by atoms with Crippen LogP contribution in [0.15, 0.2) is 18.2 Å². The summed E-state index contributed by atoms with van der Waals surface area (Å²) in [6.07, 6.45) is 1.83. The van der Waals surface area contributed by atoms with Crippen LogP contribution in [0.25, 0.3) is 0 Å². The fourth-order valence-corrected chi connectivity index (χ4v) is 1.52. The molecule has 7 nitrogen and oxygen atoms in total. The molecule has 0 unspecified atom stereocenters. The Bertz CT molecular complexity index is 476. The van der Waals surface area contributed by atoms with E-state index in [4.69, 9.17) is 9.84 Å². The minimum absolute atomic E-state index is 0.0211. The molecule has 0 bridgehead atoms. The third kappa shape index (κ3) is 4.85. The zero-order valence-corrected chi connectivity index (χ0v) is 11.3. The lowest BCUT2D eigenvalue weighted by atomic mass is 10.2. The first-order valence-electron chi connectivity index (χ1n) is 6.36. The number of ether oxygens (including phenoxy) is 1. The van der Waals surface area contributed by atoms with Gasteiger partial charge in [-0.3, -0.25) is 14.9 Å². The number of aliphatic hydroxyl groups is 1. The van der Waals surface area contributed by atoms with E-state index in [9.17, 15) is 14.9 Å². The maximum Gasteiger partial charge on any atom is 0.310 e. The lowest BCUT2D eigenvalue weighted by Gasteiger charge is -2.08. The predicted octanol–water partition coefficient (Wildman–Crippen LogP) is 1.38. The fraction of sp³-hybridized carbons (Fsp3) is 0.462. The van der Waals surface area contributed by atoms with E-state index in [1.54, 1.807) is 0 Å². The Kier molecular flexibility index (Phi) is 6.45. The predicted molar refractivity (Wildman–Crippen MR) is 72.4 cm³/mol. The van der Waals surface area contributed by atoms with Gasteiger partial charge in [-0.1, -0.05) is 13.3 Å². The molecule has 0 atom stereocenters. The highest BCUT2D eigenvalue weighted by atomic mass is 16.6. The number of nitrogens with zero attached hydrogens (tertiary/aromatic N) is 1. The Balaban J connectivity index is 2.65. The molecule has 1 aromatic carbocycles. The molecule has 0 spiro atoms. The van der Waals surface area contributed by atoms with Crippen LogP contribution in [0, 0.1) is 10.1 Å². The summed E-state index contributed by atoms with van der Waals surface area (Å²) in [6, 6.07) is 4.04. The van der Waals surface area contributed by atoms with Crippen molar-refractivity contribution >= 4 is 11.6 Å². The first-order valence-corrected chi connectivity index (χ1v) is 6.36. The standard InChI is InChI=1S/C13H18N2O5/c1-2-3-6-14-13(17)9-20-12-7-10(8-16)4-5-11(12)15(18)19/h4-5,7,16H,2-3,6,8-9H2,1H3,(H,14,17). The molecule has 0 saturated heterocycles. The molecular formula is C13H18N2O5. The molecule has 1 amide bonds. The van der Waals surface area contributed by atoms with Crippen molar-refractivity contribution in [2.24, 2.45) is 0 Å². The Labute approximate surface area is 116 Å². The lowest BCUT2D eigenvalue weighted by molar-refractivity contribution is -0.385. The second-order valence-corrected chi connectivity index (χ2v) is 4.21. The van der Waals surface area contributed by atoms with Gasteiger partial charge in [0.05, 0.1) is 11.5 Å². The van der Waals surface area contributed by atoms with Gasteiger partial charge in [0.25, 0.3) is 5.91 Å². The SMILES string of the molecule is CCCCNC(=O)COc1cc(CO)ccc1[N+](=O)[O-]. The molecule has 2 N–H and O–H groups in total. The van der Waals surface area contributed by atoms with Crippen molar-refractivity contribution in [2.75, 3.05) is 13.2 Å². The van der Waals surface area contributed by atoms with Crippen LogP contribution in [0.4, 0.5) is 5.69 Å². The van der Waals surface area contributed by atoms with Crippen LogP contribution >= 0.6 is 0 Å². The molecule has 0 fully saturated rings. The summed E-state index contributed by atoms with van der Waals surface area (Å²) < 4.78 is 5.17. The number of hydrogen-bond donors (Lipinski definition) is 2. The summed E-state index contributed by atoms with van der Waals surface area (Å²) in [5.74, 6) is -0.352. The minimum Gasteiger partial charge on any atom is -0.477 e. The molecule has 0 aliphatic carbocycles.